The highest BCUT2D eigenvalue weighted by atomic mass is 16.5. The zero-order valence-electron chi connectivity index (χ0n) is 18.6. The minimum atomic E-state index is -0.229. The fourth-order valence-corrected chi connectivity index (χ4v) is 4.12. The van der Waals surface area contributed by atoms with E-state index in [1.807, 2.05) is 32.0 Å². The van der Waals surface area contributed by atoms with Gasteiger partial charge in [-0.25, -0.2) is 4.98 Å². The molecule has 8 nitrogen and oxygen atoms in total. The Balaban J connectivity index is 1.77. The second-order valence-corrected chi connectivity index (χ2v) is 8.22. The van der Waals surface area contributed by atoms with Crippen molar-refractivity contribution in [1.29, 1.82) is 0 Å². The van der Waals surface area contributed by atoms with Gasteiger partial charge in [-0.1, -0.05) is 0 Å². The summed E-state index contributed by atoms with van der Waals surface area (Å²) in [5.41, 5.74) is 4.54. The summed E-state index contributed by atoms with van der Waals surface area (Å²) in [5.74, 6) is -0.229. The molecule has 1 fully saturated rings. The number of piperazine rings is 1. The first-order valence-corrected chi connectivity index (χ1v) is 10.4. The van der Waals surface area contributed by atoms with Crippen molar-refractivity contribution < 1.29 is 9.53 Å². The first-order chi connectivity index (χ1) is 14.9. The Bertz CT molecular complexity index is 1120. The average molecular weight is 421 g/mol. The van der Waals surface area contributed by atoms with Crippen LogP contribution in [0.3, 0.4) is 0 Å². The van der Waals surface area contributed by atoms with Crippen LogP contribution in [0.4, 0.5) is 11.4 Å². The van der Waals surface area contributed by atoms with Crippen molar-refractivity contribution in [2.75, 3.05) is 30.4 Å². The number of nitrogens with one attached hydrogen (secondary N) is 2. The standard InChI is InChI=1S/C23H28N6O2/c1-13-9-24-14(2)8-19(13)27-22(30)17-6-7-20(29-11-15(3)26-16(4)12-29)18-10-25-23(31-5)28-21(17)18/h6-10,15-16,26H,11-12H2,1-5H3,(H,24,27,30)/t15-,16+. The van der Waals surface area contributed by atoms with Crippen LogP contribution in [-0.4, -0.2) is 53.1 Å². The number of benzene rings is 1. The molecule has 0 aliphatic carbocycles. The highest BCUT2D eigenvalue weighted by Gasteiger charge is 2.24. The first-order valence-electron chi connectivity index (χ1n) is 10.4. The fourth-order valence-electron chi connectivity index (χ4n) is 4.12. The number of rotatable bonds is 4. The van der Waals surface area contributed by atoms with E-state index >= 15 is 0 Å². The topological polar surface area (TPSA) is 92.3 Å². The number of carbonyl (C=O) groups is 1. The van der Waals surface area contributed by atoms with Crippen molar-refractivity contribution in [2.45, 2.75) is 39.8 Å². The lowest BCUT2D eigenvalue weighted by Crippen LogP contribution is -2.54. The van der Waals surface area contributed by atoms with Crippen LogP contribution in [0.2, 0.25) is 0 Å². The van der Waals surface area contributed by atoms with E-state index in [1.54, 1.807) is 12.4 Å². The zero-order chi connectivity index (χ0) is 22.1. The quantitative estimate of drug-likeness (QED) is 0.670. The van der Waals surface area contributed by atoms with Crippen molar-refractivity contribution in [3.8, 4) is 6.01 Å². The van der Waals surface area contributed by atoms with Crippen LogP contribution < -0.4 is 20.3 Å². The maximum atomic E-state index is 13.2. The van der Waals surface area contributed by atoms with Gasteiger partial charge in [0.1, 0.15) is 0 Å². The Kier molecular flexibility index (Phi) is 5.73. The molecule has 1 aromatic carbocycles. The highest BCUT2D eigenvalue weighted by molar-refractivity contribution is 6.14. The second kappa shape index (κ2) is 8.47. The molecule has 0 saturated carbocycles. The van der Waals surface area contributed by atoms with Gasteiger partial charge in [0.05, 0.1) is 18.2 Å². The molecule has 2 aromatic heterocycles. The van der Waals surface area contributed by atoms with E-state index in [-0.39, 0.29) is 11.9 Å². The van der Waals surface area contributed by atoms with Crippen LogP contribution >= 0.6 is 0 Å². The molecule has 0 bridgehead atoms. The fraction of sp³-hybridized carbons (Fsp3) is 0.391. The van der Waals surface area contributed by atoms with E-state index in [1.165, 1.54) is 7.11 Å². The summed E-state index contributed by atoms with van der Waals surface area (Å²) in [6.07, 6.45) is 3.50. The van der Waals surface area contributed by atoms with E-state index < -0.39 is 0 Å². The van der Waals surface area contributed by atoms with Crippen LogP contribution in [0.25, 0.3) is 10.9 Å². The molecule has 0 spiro atoms. The van der Waals surface area contributed by atoms with Gasteiger partial charge in [0.2, 0.25) is 0 Å². The Morgan fingerprint density at radius 1 is 1.16 bits per heavy atom. The summed E-state index contributed by atoms with van der Waals surface area (Å²) < 4.78 is 5.24. The Morgan fingerprint density at radius 3 is 2.61 bits per heavy atom. The number of nitrogens with zero attached hydrogens (tertiary/aromatic N) is 4. The molecule has 8 heteroatoms. The lowest BCUT2D eigenvalue weighted by Gasteiger charge is -2.38. The van der Waals surface area contributed by atoms with Crippen LogP contribution in [0.1, 0.15) is 35.5 Å². The molecule has 0 unspecified atom stereocenters. The number of aromatic nitrogens is 3. The van der Waals surface area contributed by atoms with E-state index in [9.17, 15) is 4.79 Å². The molecule has 1 aliphatic rings. The van der Waals surface area contributed by atoms with Crippen LogP contribution in [-0.2, 0) is 0 Å². The predicted octanol–water partition coefficient (Wildman–Crippen LogP) is 3.09. The molecule has 31 heavy (non-hydrogen) atoms. The predicted molar refractivity (Wildman–Crippen MR) is 122 cm³/mol. The molecular weight excluding hydrogens is 392 g/mol. The van der Waals surface area contributed by atoms with Gasteiger partial charge in [-0.3, -0.25) is 9.78 Å². The number of pyridine rings is 1. The SMILES string of the molecule is COc1ncc2c(N3C[C@@H](C)N[C@@H](C)C3)ccc(C(=O)Nc3cc(C)ncc3C)c2n1. The smallest absolute Gasteiger partial charge is 0.316 e. The first kappa shape index (κ1) is 21.0. The average Bonchev–Trinajstić information content (AvgIpc) is 2.74. The zero-order valence-corrected chi connectivity index (χ0v) is 18.6. The molecule has 2 atom stereocenters. The number of methoxy groups -OCH3 is 1. The molecule has 0 radical (unpaired) electrons. The number of aryl methyl sites for hydroxylation is 2. The number of hydrogen-bond acceptors (Lipinski definition) is 7. The summed E-state index contributed by atoms with van der Waals surface area (Å²) >= 11 is 0. The molecule has 162 valence electrons. The van der Waals surface area contributed by atoms with Crippen molar-refractivity contribution in [2.24, 2.45) is 0 Å². The molecule has 1 saturated heterocycles. The van der Waals surface area contributed by atoms with Gasteiger partial charge in [-0.15, -0.1) is 0 Å². The monoisotopic (exact) mass is 420 g/mol. The van der Waals surface area contributed by atoms with E-state index in [0.29, 0.717) is 23.2 Å². The van der Waals surface area contributed by atoms with E-state index in [4.69, 9.17) is 4.74 Å². The van der Waals surface area contributed by atoms with E-state index in [2.05, 4.69) is 44.3 Å². The normalized spacial score (nSPS) is 18.8. The van der Waals surface area contributed by atoms with Crippen molar-refractivity contribution in [1.82, 2.24) is 20.3 Å². The third kappa shape index (κ3) is 4.29. The van der Waals surface area contributed by atoms with Crippen molar-refractivity contribution in [3.63, 3.8) is 0 Å². The molecule has 4 rings (SSSR count). The minimum absolute atomic E-state index is 0.229. The number of hydrogen-bond donors (Lipinski definition) is 2. The summed E-state index contributed by atoms with van der Waals surface area (Å²) in [6.45, 7) is 9.89. The van der Waals surface area contributed by atoms with Crippen LogP contribution in [0, 0.1) is 13.8 Å². The summed E-state index contributed by atoms with van der Waals surface area (Å²) in [4.78, 5) is 28.7. The Hall–Kier alpha value is -3.26. The van der Waals surface area contributed by atoms with Gasteiger partial charge in [0.25, 0.3) is 5.91 Å². The molecular formula is C23H28N6O2. The van der Waals surface area contributed by atoms with Gasteiger partial charge < -0.3 is 20.3 Å². The van der Waals surface area contributed by atoms with Gasteiger partial charge in [-0.2, -0.15) is 4.98 Å². The third-order valence-electron chi connectivity index (χ3n) is 5.52. The number of anilines is 2. The van der Waals surface area contributed by atoms with Gasteiger partial charge >= 0.3 is 6.01 Å². The van der Waals surface area contributed by atoms with E-state index in [0.717, 1.165) is 41.1 Å². The van der Waals surface area contributed by atoms with Crippen LogP contribution in [0.5, 0.6) is 6.01 Å². The highest BCUT2D eigenvalue weighted by Crippen LogP contribution is 2.31. The van der Waals surface area contributed by atoms with Crippen molar-refractivity contribution in [3.05, 3.63) is 47.4 Å². The Labute approximate surface area is 182 Å². The molecule has 3 aromatic rings. The van der Waals surface area contributed by atoms with Crippen molar-refractivity contribution >= 4 is 28.2 Å². The Morgan fingerprint density at radius 2 is 1.90 bits per heavy atom. The maximum absolute atomic E-state index is 13.2. The lowest BCUT2D eigenvalue weighted by molar-refractivity contribution is 0.102. The molecule has 3 heterocycles. The van der Waals surface area contributed by atoms with Gasteiger partial charge in [0, 0.05) is 60.0 Å². The van der Waals surface area contributed by atoms with Gasteiger partial charge in [-0.05, 0) is 51.5 Å². The van der Waals surface area contributed by atoms with Crippen LogP contribution in [0.15, 0.2) is 30.6 Å². The number of carbonyl (C=O) groups excluding carboxylic acids is 1. The summed E-state index contributed by atoms with van der Waals surface area (Å²) in [5, 5.41) is 7.39. The second-order valence-electron chi connectivity index (χ2n) is 8.22. The molecule has 2 N–H and O–H groups in total. The number of fused-ring (bicyclic) bond motifs is 1. The number of ether oxygens (including phenoxy) is 1. The lowest BCUT2D eigenvalue weighted by atomic mass is 10.0. The molecule has 1 amide bonds. The number of amides is 1. The summed E-state index contributed by atoms with van der Waals surface area (Å²) in [7, 11) is 1.52. The summed E-state index contributed by atoms with van der Waals surface area (Å²) in [6, 6.07) is 6.64. The third-order valence-corrected chi connectivity index (χ3v) is 5.52. The van der Waals surface area contributed by atoms with Gasteiger partial charge in [0.15, 0.2) is 0 Å². The largest absolute Gasteiger partial charge is 0.467 e. The maximum Gasteiger partial charge on any atom is 0.316 e. The molecule has 1 aliphatic heterocycles. The minimum Gasteiger partial charge on any atom is -0.467 e.